The molecule has 0 aliphatic carbocycles. The van der Waals surface area contributed by atoms with Crippen LogP contribution in [0, 0.1) is 10.1 Å². The zero-order valence-electron chi connectivity index (χ0n) is 9.98. The summed E-state index contributed by atoms with van der Waals surface area (Å²) in [5.41, 5.74) is 1.39. The van der Waals surface area contributed by atoms with Crippen molar-refractivity contribution in [3.8, 4) is 0 Å². The maximum absolute atomic E-state index is 11.1. The third-order valence-corrected chi connectivity index (χ3v) is 2.64. The van der Waals surface area contributed by atoms with Crippen LogP contribution in [0.15, 0.2) is 42.9 Å². The summed E-state index contributed by atoms with van der Waals surface area (Å²) in [5, 5.41) is 11.1. The van der Waals surface area contributed by atoms with Gasteiger partial charge in [-0.2, -0.15) is 0 Å². The minimum absolute atomic E-state index is 0.0748. The van der Waals surface area contributed by atoms with Gasteiger partial charge in [-0.25, -0.2) is 4.98 Å². The molecule has 92 valence electrons. The largest absolute Gasteiger partial charge is 0.331 e. The Morgan fingerprint density at radius 2 is 2.17 bits per heavy atom. The van der Waals surface area contributed by atoms with Crippen molar-refractivity contribution in [3.05, 3.63) is 64.2 Å². The van der Waals surface area contributed by atoms with Crippen molar-refractivity contribution in [2.45, 2.75) is 13.5 Å². The first kappa shape index (κ1) is 12.0. The second-order valence-electron chi connectivity index (χ2n) is 3.76. The highest BCUT2D eigenvalue weighted by Gasteiger charge is 2.14. The third kappa shape index (κ3) is 2.45. The Hall–Kier alpha value is -2.43. The Kier molecular flexibility index (Phi) is 3.52. The van der Waals surface area contributed by atoms with Crippen LogP contribution in [0.1, 0.15) is 18.2 Å². The van der Waals surface area contributed by atoms with Gasteiger partial charge in [-0.05, 0) is 19.1 Å². The number of rotatable bonds is 4. The Bertz CT molecular complexity index is 573. The summed E-state index contributed by atoms with van der Waals surface area (Å²) in [6.45, 7) is 2.69. The molecule has 0 radical (unpaired) electrons. The number of benzene rings is 1. The minimum atomic E-state index is -0.373. The van der Waals surface area contributed by atoms with E-state index in [2.05, 4.69) is 4.98 Å². The molecule has 0 atom stereocenters. The quantitative estimate of drug-likeness (QED) is 0.612. The average molecular weight is 243 g/mol. The van der Waals surface area contributed by atoms with Gasteiger partial charge in [-0.3, -0.25) is 10.1 Å². The standard InChI is InChI=1S/C13H13N3O2/c1-2-15-10-14-9-12(15)8-13(16(17)18)11-6-4-3-5-7-11/h3-10H,2H2,1H3. The van der Waals surface area contributed by atoms with Crippen LogP contribution in [-0.4, -0.2) is 14.5 Å². The Labute approximate surface area is 105 Å². The van der Waals surface area contributed by atoms with E-state index in [4.69, 9.17) is 0 Å². The van der Waals surface area contributed by atoms with Gasteiger partial charge in [0.15, 0.2) is 0 Å². The second-order valence-corrected chi connectivity index (χ2v) is 3.76. The van der Waals surface area contributed by atoms with E-state index in [1.54, 1.807) is 42.9 Å². The van der Waals surface area contributed by atoms with Crippen molar-refractivity contribution in [2.75, 3.05) is 0 Å². The molecule has 0 amide bonds. The first-order valence-electron chi connectivity index (χ1n) is 5.64. The molecular weight excluding hydrogens is 230 g/mol. The van der Waals surface area contributed by atoms with Crippen LogP contribution < -0.4 is 0 Å². The number of hydrogen-bond donors (Lipinski definition) is 0. The fourth-order valence-corrected chi connectivity index (χ4v) is 1.71. The van der Waals surface area contributed by atoms with Crippen molar-refractivity contribution in [1.82, 2.24) is 9.55 Å². The Morgan fingerprint density at radius 1 is 1.44 bits per heavy atom. The summed E-state index contributed by atoms with van der Waals surface area (Å²) in [6.07, 6.45) is 4.83. The van der Waals surface area contributed by atoms with E-state index in [1.807, 2.05) is 17.6 Å². The van der Waals surface area contributed by atoms with Gasteiger partial charge in [0.05, 0.1) is 28.7 Å². The van der Waals surface area contributed by atoms with E-state index in [1.165, 1.54) is 0 Å². The lowest BCUT2D eigenvalue weighted by Gasteiger charge is -2.01. The molecule has 5 nitrogen and oxygen atoms in total. The van der Waals surface area contributed by atoms with Crippen molar-refractivity contribution in [2.24, 2.45) is 0 Å². The monoisotopic (exact) mass is 243 g/mol. The van der Waals surface area contributed by atoms with Crippen molar-refractivity contribution < 1.29 is 4.92 Å². The number of nitrogens with zero attached hydrogens (tertiary/aromatic N) is 3. The summed E-state index contributed by atoms with van der Waals surface area (Å²) in [7, 11) is 0. The summed E-state index contributed by atoms with van der Waals surface area (Å²) in [4.78, 5) is 14.8. The highest BCUT2D eigenvalue weighted by molar-refractivity contribution is 5.75. The molecule has 1 aromatic heterocycles. The van der Waals surface area contributed by atoms with Gasteiger partial charge in [0.1, 0.15) is 0 Å². The van der Waals surface area contributed by atoms with Gasteiger partial charge in [0.25, 0.3) is 5.70 Å². The normalized spacial score (nSPS) is 11.5. The van der Waals surface area contributed by atoms with Gasteiger partial charge < -0.3 is 4.57 Å². The van der Waals surface area contributed by atoms with E-state index >= 15 is 0 Å². The van der Waals surface area contributed by atoms with Gasteiger partial charge >= 0.3 is 0 Å². The van der Waals surface area contributed by atoms with Crippen molar-refractivity contribution in [3.63, 3.8) is 0 Å². The van der Waals surface area contributed by atoms with E-state index in [9.17, 15) is 10.1 Å². The smallest absolute Gasteiger partial charge is 0.278 e. The molecule has 0 saturated heterocycles. The predicted octanol–water partition coefficient (Wildman–Crippen LogP) is 2.68. The molecule has 0 unspecified atom stereocenters. The fraction of sp³-hybridized carbons (Fsp3) is 0.154. The van der Waals surface area contributed by atoms with Crippen LogP contribution in [0.5, 0.6) is 0 Å². The molecular formula is C13H13N3O2. The van der Waals surface area contributed by atoms with Crippen molar-refractivity contribution in [1.29, 1.82) is 0 Å². The molecule has 0 spiro atoms. The fourth-order valence-electron chi connectivity index (χ4n) is 1.71. The second kappa shape index (κ2) is 5.27. The van der Waals surface area contributed by atoms with Crippen LogP contribution in [0.3, 0.4) is 0 Å². The minimum Gasteiger partial charge on any atom is -0.331 e. The molecule has 0 aliphatic rings. The topological polar surface area (TPSA) is 61.0 Å². The first-order chi connectivity index (χ1) is 8.72. The predicted molar refractivity (Wildman–Crippen MR) is 69.2 cm³/mol. The molecule has 2 rings (SSSR count). The van der Waals surface area contributed by atoms with Crippen LogP contribution in [0.25, 0.3) is 11.8 Å². The molecule has 0 aliphatic heterocycles. The van der Waals surface area contributed by atoms with E-state index in [0.29, 0.717) is 5.56 Å². The summed E-state index contributed by atoms with van der Waals surface area (Å²) in [6, 6.07) is 8.84. The number of hydrogen-bond acceptors (Lipinski definition) is 3. The van der Waals surface area contributed by atoms with E-state index < -0.39 is 0 Å². The number of nitro groups is 1. The highest BCUT2D eigenvalue weighted by Crippen LogP contribution is 2.18. The van der Waals surface area contributed by atoms with Gasteiger partial charge in [0.2, 0.25) is 0 Å². The van der Waals surface area contributed by atoms with Crippen LogP contribution >= 0.6 is 0 Å². The molecule has 0 fully saturated rings. The summed E-state index contributed by atoms with van der Waals surface area (Å²) >= 11 is 0. The van der Waals surface area contributed by atoms with Gasteiger partial charge in [-0.1, -0.05) is 18.2 Å². The first-order valence-corrected chi connectivity index (χ1v) is 5.64. The average Bonchev–Trinajstić information content (AvgIpc) is 2.83. The zero-order valence-corrected chi connectivity index (χ0v) is 9.98. The molecule has 5 heteroatoms. The lowest BCUT2D eigenvalue weighted by Crippen LogP contribution is -2.00. The van der Waals surface area contributed by atoms with E-state index in [0.717, 1.165) is 12.2 Å². The molecule has 0 saturated carbocycles. The van der Waals surface area contributed by atoms with Gasteiger partial charge in [-0.15, -0.1) is 0 Å². The Morgan fingerprint density at radius 3 is 2.78 bits per heavy atom. The lowest BCUT2D eigenvalue weighted by atomic mass is 10.1. The molecule has 1 heterocycles. The van der Waals surface area contributed by atoms with Crippen molar-refractivity contribution >= 4 is 11.8 Å². The molecule has 0 bridgehead atoms. The number of aryl methyl sites for hydroxylation is 1. The van der Waals surface area contributed by atoms with Crippen LogP contribution in [-0.2, 0) is 6.54 Å². The third-order valence-electron chi connectivity index (χ3n) is 2.64. The maximum atomic E-state index is 11.1. The molecule has 18 heavy (non-hydrogen) atoms. The van der Waals surface area contributed by atoms with Crippen LogP contribution in [0.2, 0.25) is 0 Å². The summed E-state index contributed by atoms with van der Waals surface area (Å²) in [5.74, 6) is 0. The Balaban J connectivity index is 2.46. The summed E-state index contributed by atoms with van der Waals surface area (Å²) < 4.78 is 1.85. The van der Waals surface area contributed by atoms with Gasteiger partial charge in [0, 0.05) is 12.6 Å². The zero-order chi connectivity index (χ0) is 13.0. The van der Waals surface area contributed by atoms with Crippen LogP contribution in [0.4, 0.5) is 0 Å². The maximum Gasteiger partial charge on any atom is 0.278 e. The molecule has 1 aromatic carbocycles. The SMILES string of the molecule is CCn1cncc1C=C(c1ccccc1)[N+](=O)[O-]. The number of imidazole rings is 1. The van der Waals surface area contributed by atoms with E-state index in [-0.39, 0.29) is 10.6 Å². The highest BCUT2D eigenvalue weighted by atomic mass is 16.6. The molecule has 0 N–H and O–H groups in total. The number of aromatic nitrogens is 2. The molecule has 2 aromatic rings. The lowest BCUT2D eigenvalue weighted by molar-refractivity contribution is -0.374.